The average molecular weight is 507 g/mol. The highest BCUT2D eigenvalue weighted by Crippen LogP contribution is 2.23. The first-order chi connectivity index (χ1) is 16.7. The Balaban J connectivity index is 1.27. The molecule has 1 aliphatic rings. The molecule has 4 rings (SSSR count). The van der Waals surface area contributed by atoms with Crippen LogP contribution in [0, 0.1) is 0 Å². The molecule has 35 heavy (non-hydrogen) atoms. The summed E-state index contributed by atoms with van der Waals surface area (Å²) in [5.41, 5.74) is 3.66. The van der Waals surface area contributed by atoms with Gasteiger partial charge >= 0.3 is 0 Å². The number of amides is 2. The first kappa shape index (κ1) is 24.9. The van der Waals surface area contributed by atoms with E-state index in [1.54, 1.807) is 0 Å². The molecular formula is C27H30N4O2S2. The van der Waals surface area contributed by atoms with Crippen molar-refractivity contribution in [2.75, 3.05) is 36.4 Å². The second kappa shape index (κ2) is 10.6. The predicted octanol–water partition coefficient (Wildman–Crippen LogP) is 5.13. The molecule has 1 aromatic heterocycles. The van der Waals surface area contributed by atoms with Crippen molar-refractivity contribution < 1.29 is 9.59 Å². The van der Waals surface area contributed by atoms with Gasteiger partial charge in [0.15, 0.2) is 5.11 Å². The van der Waals surface area contributed by atoms with E-state index in [9.17, 15) is 9.59 Å². The fraction of sp³-hybridized carbons (Fsp3) is 0.296. The first-order valence-corrected chi connectivity index (χ1v) is 12.9. The van der Waals surface area contributed by atoms with Crippen molar-refractivity contribution in [3.05, 3.63) is 82.0 Å². The Kier molecular flexibility index (Phi) is 7.52. The van der Waals surface area contributed by atoms with Crippen molar-refractivity contribution in [1.29, 1.82) is 0 Å². The van der Waals surface area contributed by atoms with E-state index in [-0.39, 0.29) is 22.3 Å². The molecule has 6 nitrogen and oxygen atoms in total. The van der Waals surface area contributed by atoms with Gasteiger partial charge in [-0.3, -0.25) is 14.9 Å². The maximum Gasteiger partial charge on any atom is 0.264 e. The number of piperazine rings is 1. The van der Waals surface area contributed by atoms with Crippen LogP contribution in [0.15, 0.2) is 66.0 Å². The quantitative estimate of drug-likeness (QED) is 0.480. The molecule has 1 aliphatic heterocycles. The summed E-state index contributed by atoms with van der Waals surface area (Å²) in [4.78, 5) is 30.1. The first-order valence-electron chi connectivity index (χ1n) is 11.6. The van der Waals surface area contributed by atoms with Gasteiger partial charge in [-0.2, -0.15) is 0 Å². The molecule has 2 aromatic carbocycles. The third-order valence-electron chi connectivity index (χ3n) is 6.03. The zero-order valence-electron chi connectivity index (χ0n) is 20.2. The zero-order chi connectivity index (χ0) is 25.0. The predicted molar refractivity (Wildman–Crippen MR) is 148 cm³/mol. The Morgan fingerprint density at radius 2 is 1.57 bits per heavy atom. The number of hydrogen-bond acceptors (Lipinski definition) is 5. The van der Waals surface area contributed by atoms with Crippen LogP contribution in [0.25, 0.3) is 0 Å². The number of thiocarbonyl (C=S) groups is 1. The van der Waals surface area contributed by atoms with Crippen molar-refractivity contribution in [2.45, 2.75) is 26.2 Å². The van der Waals surface area contributed by atoms with E-state index in [0.29, 0.717) is 18.7 Å². The number of nitrogens with zero attached hydrogens (tertiary/aromatic N) is 2. The van der Waals surface area contributed by atoms with Crippen LogP contribution < -0.4 is 15.5 Å². The van der Waals surface area contributed by atoms with E-state index in [1.807, 2.05) is 70.9 Å². The maximum atomic E-state index is 12.5. The molecule has 0 atom stereocenters. The van der Waals surface area contributed by atoms with E-state index < -0.39 is 0 Å². The summed E-state index contributed by atoms with van der Waals surface area (Å²) < 4.78 is 0. The monoisotopic (exact) mass is 506 g/mol. The van der Waals surface area contributed by atoms with Crippen molar-refractivity contribution in [3.8, 4) is 0 Å². The summed E-state index contributed by atoms with van der Waals surface area (Å²) in [6, 6.07) is 19.3. The fourth-order valence-corrected chi connectivity index (χ4v) is 4.84. The summed E-state index contributed by atoms with van der Waals surface area (Å²) in [6.07, 6.45) is 0. The lowest BCUT2D eigenvalue weighted by Crippen LogP contribution is -2.48. The van der Waals surface area contributed by atoms with Crippen LogP contribution in [-0.2, 0) is 5.41 Å². The Bertz CT molecular complexity index is 1180. The molecule has 1 fully saturated rings. The van der Waals surface area contributed by atoms with Crippen molar-refractivity contribution in [2.24, 2.45) is 0 Å². The number of benzene rings is 2. The normalized spacial score (nSPS) is 13.9. The van der Waals surface area contributed by atoms with Crippen LogP contribution in [0.5, 0.6) is 0 Å². The van der Waals surface area contributed by atoms with Crippen LogP contribution >= 0.6 is 23.6 Å². The van der Waals surface area contributed by atoms with E-state index in [2.05, 4.69) is 36.3 Å². The molecular weight excluding hydrogens is 476 g/mol. The Hall–Kier alpha value is -3.23. The molecule has 2 amide bonds. The zero-order valence-corrected chi connectivity index (χ0v) is 21.8. The van der Waals surface area contributed by atoms with E-state index >= 15 is 0 Å². The Morgan fingerprint density at radius 1 is 0.914 bits per heavy atom. The molecule has 0 radical (unpaired) electrons. The average Bonchev–Trinajstić information content (AvgIpc) is 3.39. The minimum absolute atomic E-state index is 0.0349. The summed E-state index contributed by atoms with van der Waals surface area (Å²) in [5, 5.41) is 8.00. The van der Waals surface area contributed by atoms with Gasteiger partial charge in [0, 0.05) is 43.1 Å². The largest absolute Gasteiger partial charge is 0.368 e. The summed E-state index contributed by atoms with van der Waals surface area (Å²) in [7, 11) is 0. The van der Waals surface area contributed by atoms with Crippen molar-refractivity contribution >= 4 is 51.9 Å². The Labute approximate surface area is 215 Å². The van der Waals surface area contributed by atoms with Gasteiger partial charge in [-0.05, 0) is 71.0 Å². The molecule has 182 valence electrons. The van der Waals surface area contributed by atoms with Gasteiger partial charge in [0.1, 0.15) is 0 Å². The molecule has 0 bridgehead atoms. The number of carbonyl (C=O) groups excluding carboxylic acids is 2. The summed E-state index contributed by atoms with van der Waals surface area (Å²) in [5.74, 6) is -0.130. The van der Waals surface area contributed by atoms with Gasteiger partial charge in [-0.1, -0.05) is 39.0 Å². The Morgan fingerprint density at radius 3 is 2.14 bits per heavy atom. The van der Waals surface area contributed by atoms with Gasteiger partial charge < -0.3 is 15.1 Å². The smallest absolute Gasteiger partial charge is 0.264 e. The molecule has 2 N–H and O–H groups in total. The lowest BCUT2D eigenvalue weighted by atomic mass is 9.87. The van der Waals surface area contributed by atoms with E-state index in [1.165, 1.54) is 16.9 Å². The lowest BCUT2D eigenvalue weighted by Gasteiger charge is -2.36. The van der Waals surface area contributed by atoms with Gasteiger partial charge in [0.2, 0.25) is 0 Å². The van der Waals surface area contributed by atoms with Crippen LogP contribution in [0.2, 0.25) is 0 Å². The van der Waals surface area contributed by atoms with Crippen LogP contribution in [0.4, 0.5) is 11.4 Å². The third kappa shape index (κ3) is 6.26. The van der Waals surface area contributed by atoms with E-state index in [0.717, 1.165) is 29.3 Å². The number of nitrogens with one attached hydrogen (secondary N) is 2. The highest BCUT2D eigenvalue weighted by atomic mass is 32.1. The highest BCUT2D eigenvalue weighted by Gasteiger charge is 2.23. The van der Waals surface area contributed by atoms with Crippen molar-refractivity contribution in [1.82, 2.24) is 10.2 Å². The number of anilines is 2. The van der Waals surface area contributed by atoms with Crippen LogP contribution in [0.3, 0.4) is 0 Å². The standard InChI is InChI=1S/C27H30N4O2S2/c1-27(2,3)20-8-6-19(7-9-20)24(32)29-26(34)28-21-10-12-22(13-11-21)30-14-16-31(17-15-30)25(33)23-5-4-18-35-23/h4-13,18H,14-17H2,1-3H3,(H2,28,29,32,34). The molecule has 2 heterocycles. The fourth-order valence-electron chi connectivity index (χ4n) is 3.94. The molecule has 3 aromatic rings. The summed E-state index contributed by atoms with van der Waals surface area (Å²) in [6.45, 7) is 9.38. The van der Waals surface area contributed by atoms with Crippen LogP contribution in [-0.4, -0.2) is 48.0 Å². The lowest BCUT2D eigenvalue weighted by molar-refractivity contribution is 0.0751. The van der Waals surface area contributed by atoms with Crippen molar-refractivity contribution in [3.63, 3.8) is 0 Å². The number of rotatable bonds is 4. The number of hydrogen-bond donors (Lipinski definition) is 2. The molecule has 0 saturated carbocycles. The second-order valence-electron chi connectivity index (χ2n) is 9.54. The SMILES string of the molecule is CC(C)(C)c1ccc(C(=O)NC(=S)Nc2ccc(N3CCN(C(=O)c4cccs4)CC3)cc2)cc1. The minimum atomic E-state index is -0.241. The molecule has 8 heteroatoms. The van der Waals surface area contributed by atoms with Gasteiger partial charge in [-0.25, -0.2) is 0 Å². The second-order valence-corrected chi connectivity index (χ2v) is 10.9. The summed E-state index contributed by atoms with van der Waals surface area (Å²) >= 11 is 6.82. The van der Waals surface area contributed by atoms with E-state index in [4.69, 9.17) is 12.2 Å². The highest BCUT2D eigenvalue weighted by molar-refractivity contribution is 7.80. The van der Waals surface area contributed by atoms with Crippen LogP contribution in [0.1, 0.15) is 46.4 Å². The minimum Gasteiger partial charge on any atom is -0.368 e. The molecule has 0 unspecified atom stereocenters. The maximum absolute atomic E-state index is 12.5. The van der Waals surface area contributed by atoms with Gasteiger partial charge in [0.25, 0.3) is 11.8 Å². The third-order valence-corrected chi connectivity index (χ3v) is 7.09. The van der Waals surface area contributed by atoms with Gasteiger partial charge in [0.05, 0.1) is 4.88 Å². The topological polar surface area (TPSA) is 64.7 Å². The van der Waals surface area contributed by atoms with Gasteiger partial charge in [-0.15, -0.1) is 11.3 Å². The number of carbonyl (C=O) groups is 2. The molecule has 0 aliphatic carbocycles. The molecule has 0 spiro atoms. The number of thiophene rings is 1. The molecule has 1 saturated heterocycles.